The van der Waals surface area contributed by atoms with E-state index < -0.39 is 284 Å². The summed E-state index contributed by atoms with van der Waals surface area (Å²) in [4.78, 5) is 0. The second kappa shape index (κ2) is 10.9. The first kappa shape index (κ1) is 12.0. The highest BCUT2D eigenvalue weighted by atomic mass is 16.3. The molecule has 1 heterocycles. The van der Waals surface area contributed by atoms with Crippen molar-refractivity contribution >= 4 is 75.8 Å². The Labute approximate surface area is 335 Å². The summed E-state index contributed by atoms with van der Waals surface area (Å²) in [5, 5.41) is -7.08. The largest absolute Gasteiger partial charge is 0.455 e. The molecule has 0 N–H and O–H groups in total. The average molecular weight is 676 g/mol. The molecule has 0 aliphatic rings. The molecule has 1 nitrogen and oxygen atoms in total. The molecule has 0 spiro atoms. The molecular formula is C50H30O. The quantitative estimate of drug-likeness (QED) is 0.134. The molecule has 0 saturated heterocycles. The van der Waals surface area contributed by atoms with E-state index in [4.69, 9.17) is 29.1 Å². The zero-order chi connectivity index (χ0) is 58.7. The SMILES string of the molecule is [2H]c1cc(-c2c([2H])c([2H])c([2H])c3c([2H])c([2H])c4c([2H])c([2H])c([2H])c([2H])c4c23)c([2H])c(-c2c3c([2H])c([2H])c([2H])c([2H])c3c(-c3c([2H])c([2H])c4oc5c6c([2H])c([2H])c([2H])c([2H])c6c([2H])c([2H])c5c4c3[2H])c3c([2H])c([2H])c([2H])c([2H])c23)c1[2H]. The lowest BCUT2D eigenvalue weighted by molar-refractivity contribution is 0.672. The molecule has 0 saturated carbocycles. The summed E-state index contributed by atoms with van der Waals surface area (Å²) in [6, 6.07) is -24.9. The van der Waals surface area contributed by atoms with Gasteiger partial charge in [-0.15, -0.1) is 0 Å². The molecule has 0 atom stereocenters. The fourth-order valence-corrected chi connectivity index (χ4v) is 6.47. The van der Waals surface area contributed by atoms with E-state index in [1.807, 2.05) is 0 Å². The second-order valence-electron chi connectivity index (χ2n) is 11.3. The molecule has 0 aliphatic carbocycles. The van der Waals surface area contributed by atoms with Crippen molar-refractivity contribution in [3.63, 3.8) is 0 Å². The van der Waals surface area contributed by atoms with Gasteiger partial charge in [0.25, 0.3) is 0 Å². The van der Waals surface area contributed by atoms with E-state index in [0.29, 0.717) is 0 Å². The van der Waals surface area contributed by atoms with Crippen LogP contribution in [-0.4, -0.2) is 0 Å². The zero-order valence-corrected chi connectivity index (χ0v) is 25.5. The highest BCUT2D eigenvalue weighted by Gasteiger charge is 2.19. The smallest absolute Gasteiger partial charge is 0.143 e. The van der Waals surface area contributed by atoms with Gasteiger partial charge in [0.1, 0.15) is 11.2 Å². The van der Waals surface area contributed by atoms with Crippen LogP contribution in [0.15, 0.2) is 186 Å². The third-order valence-electron chi connectivity index (χ3n) is 8.63. The third kappa shape index (κ3) is 4.22. The van der Waals surface area contributed by atoms with Crippen LogP contribution >= 0.6 is 0 Å². The molecule has 0 aliphatic heterocycles. The number of rotatable bonds is 3. The molecule has 51 heavy (non-hydrogen) atoms. The lowest BCUT2D eigenvalue weighted by Crippen LogP contribution is -1.91. The molecule has 1 heteroatoms. The Bertz CT molecular complexity index is 4790. The van der Waals surface area contributed by atoms with Crippen LogP contribution in [0.3, 0.4) is 0 Å². The molecular weight excluding hydrogens is 617 g/mol. The third-order valence-corrected chi connectivity index (χ3v) is 8.63. The summed E-state index contributed by atoms with van der Waals surface area (Å²) < 4.78 is 270. The topological polar surface area (TPSA) is 13.1 Å². The van der Waals surface area contributed by atoms with Crippen molar-refractivity contribution in [2.75, 3.05) is 0 Å². The lowest BCUT2D eigenvalue weighted by atomic mass is 9.85. The van der Waals surface area contributed by atoms with Crippen LogP contribution in [0.1, 0.15) is 39.8 Å². The maximum Gasteiger partial charge on any atom is 0.143 e. The van der Waals surface area contributed by atoms with Crippen molar-refractivity contribution in [1.29, 1.82) is 0 Å². The van der Waals surface area contributed by atoms with E-state index >= 15 is 0 Å². The lowest BCUT2D eigenvalue weighted by Gasteiger charge is -2.18. The van der Waals surface area contributed by atoms with Gasteiger partial charge in [0, 0.05) is 16.2 Å². The number of hydrogen-bond acceptors (Lipinski definition) is 1. The van der Waals surface area contributed by atoms with E-state index in [-0.39, 0.29) is 0 Å². The van der Waals surface area contributed by atoms with Gasteiger partial charge < -0.3 is 4.42 Å². The Balaban J connectivity index is 1.40. The standard InChI is InChI=1S/C50H30O/c1-3-16-37-31(11-1)23-24-33-13-10-22-38(47(33)37)34-14-9-15-35(29-34)48-40-18-5-7-20-42(40)49(43-21-8-6-19-41(43)48)36-26-28-46-45(30-36)44-27-25-32-12-2-4-17-39(32)50(44)51-46/h1-30H/i1D,2D,3D,4D,5D,6D,7D,8D,9D,10D,11D,12D,13D,15D,16D,17D,18D,19D,20D,21D,22D,23D,24D,25D,26D,27D,28D,29D,30D. The van der Waals surface area contributed by atoms with Crippen LogP contribution in [0.25, 0.3) is 109 Å². The Hall–Kier alpha value is -6.70. The maximum atomic E-state index is 10.0. The molecule has 0 unspecified atom stereocenters. The van der Waals surface area contributed by atoms with Gasteiger partial charge in [0.05, 0.1) is 39.8 Å². The Morgan fingerprint density at radius 2 is 0.922 bits per heavy atom. The van der Waals surface area contributed by atoms with Crippen molar-refractivity contribution in [1.82, 2.24) is 0 Å². The number of fused-ring (bicyclic) bond motifs is 10. The maximum absolute atomic E-state index is 10.0. The first-order valence-electron chi connectivity index (χ1n) is 29.7. The van der Waals surface area contributed by atoms with Crippen molar-refractivity contribution in [2.45, 2.75) is 0 Å². The van der Waals surface area contributed by atoms with Crippen LogP contribution in [-0.2, 0) is 0 Å². The van der Waals surface area contributed by atoms with E-state index in [9.17, 15) is 15.1 Å². The minimum Gasteiger partial charge on any atom is -0.455 e. The summed E-state index contributed by atoms with van der Waals surface area (Å²) in [7, 11) is 0. The summed E-state index contributed by atoms with van der Waals surface area (Å²) in [6.07, 6.45) is 0. The summed E-state index contributed by atoms with van der Waals surface area (Å²) in [5.74, 6) is 0. The Morgan fingerprint density at radius 3 is 1.65 bits per heavy atom. The van der Waals surface area contributed by atoms with Crippen LogP contribution in [0, 0.1) is 0 Å². The van der Waals surface area contributed by atoms with Gasteiger partial charge in [-0.3, -0.25) is 0 Å². The fraction of sp³-hybridized carbons (Fsp3) is 0. The van der Waals surface area contributed by atoms with E-state index in [1.165, 1.54) is 0 Å². The predicted octanol–water partition coefficient (Wildman–Crippen LogP) is 14.4. The predicted molar refractivity (Wildman–Crippen MR) is 218 cm³/mol. The van der Waals surface area contributed by atoms with E-state index in [0.717, 1.165) is 6.07 Å². The van der Waals surface area contributed by atoms with Crippen molar-refractivity contribution in [3.05, 3.63) is 181 Å². The van der Waals surface area contributed by atoms with E-state index in [1.54, 1.807) is 0 Å². The van der Waals surface area contributed by atoms with Crippen LogP contribution < -0.4 is 0 Å². The van der Waals surface area contributed by atoms with Crippen molar-refractivity contribution in [3.8, 4) is 33.4 Å². The molecule has 0 amide bonds. The van der Waals surface area contributed by atoms with Gasteiger partial charge in [0.15, 0.2) is 0 Å². The summed E-state index contributed by atoms with van der Waals surface area (Å²) in [6.45, 7) is 0. The summed E-state index contributed by atoms with van der Waals surface area (Å²) in [5.41, 5.74) is -5.47. The second-order valence-corrected chi connectivity index (χ2v) is 11.3. The minimum atomic E-state index is -1.02. The number of benzene rings is 10. The van der Waals surface area contributed by atoms with Gasteiger partial charge in [-0.05, 0) is 106 Å². The zero-order valence-electron chi connectivity index (χ0n) is 54.5. The van der Waals surface area contributed by atoms with Gasteiger partial charge in [0.2, 0.25) is 0 Å². The van der Waals surface area contributed by atoms with Gasteiger partial charge in [-0.1, -0.05) is 157 Å². The van der Waals surface area contributed by atoms with Gasteiger partial charge >= 0.3 is 0 Å². The van der Waals surface area contributed by atoms with Crippen molar-refractivity contribution in [2.24, 2.45) is 0 Å². The Kier molecular flexibility index (Phi) is 2.56. The summed E-state index contributed by atoms with van der Waals surface area (Å²) >= 11 is 0. The van der Waals surface area contributed by atoms with Crippen LogP contribution in [0.2, 0.25) is 0 Å². The van der Waals surface area contributed by atoms with Crippen LogP contribution in [0.4, 0.5) is 0 Å². The van der Waals surface area contributed by atoms with Gasteiger partial charge in [-0.25, -0.2) is 0 Å². The normalized spacial score (nSPS) is 19.9. The first-order chi connectivity index (χ1) is 37.4. The van der Waals surface area contributed by atoms with Gasteiger partial charge in [-0.2, -0.15) is 0 Å². The molecule has 1 aromatic heterocycles. The fourth-order valence-electron chi connectivity index (χ4n) is 6.47. The average Bonchev–Trinajstić information content (AvgIpc) is 3.92. The Morgan fingerprint density at radius 1 is 0.353 bits per heavy atom. The monoisotopic (exact) mass is 675 g/mol. The molecule has 11 aromatic rings. The molecule has 0 bridgehead atoms. The molecule has 0 radical (unpaired) electrons. The number of hydrogen-bond donors (Lipinski definition) is 0. The molecule has 10 aromatic carbocycles. The highest BCUT2D eigenvalue weighted by molar-refractivity contribution is 6.23. The first-order valence-corrected chi connectivity index (χ1v) is 15.2. The molecule has 11 rings (SSSR count). The molecule has 0 fully saturated rings. The molecule has 236 valence electrons. The minimum absolute atomic E-state index is 0.425. The highest BCUT2D eigenvalue weighted by Crippen LogP contribution is 2.46. The number of furan rings is 1. The van der Waals surface area contributed by atoms with Crippen LogP contribution in [0.5, 0.6) is 0 Å². The van der Waals surface area contributed by atoms with E-state index in [2.05, 4.69) is 0 Å². The van der Waals surface area contributed by atoms with Crippen molar-refractivity contribution < 1.29 is 44.2 Å².